The Hall–Kier alpha value is -0.570. The predicted octanol–water partition coefficient (Wildman–Crippen LogP) is 3.62. The molecule has 0 bridgehead atoms. The highest BCUT2D eigenvalue weighted by Crippen LogP contribution is 2.27. The van der Waals surface area contributed by atoms with E-state index >= 15 is 0 Å². The SMILES string of the molecule is CCCC(C(=O)OCC)N(CC(C)C)C1CCCC1. The second kappa shape index (κ2) is 8.57. The summed E-state index contributed by atoms with van der Waals surface area (Å²) in [5, 5.41) is 0. The van der Waals surface area contributed by atoms with Gasteiger partial charge in [0.05, 0.1) is 6.61 Å². The zero-order chi connectivity index (χ0) is 14.3. The van der Waals surface area contributed by atoms with Crippen molar-refractivity contribution in [2.24, 2.45) is 5.92 Å². The van der Waals surface area contributed by atoms with Crippen molar-refractivity contribution in [1.82, 2.24) is 4.90 Å². The molecule has 19 heavy (non-hydrogen) atoms. The Bertz CT molecular complexity index is 259. The molecular formula is C16H31NO2. The molecule has 112 valence electrons. The summed E-state index contributed by atoms with van der Waals surface area (Å²) < 4.78 is 5.30. The Morgan fingerprint density at radius 1 is 1.26 bits per heavy atom. The Kier molecular flexibility index (Phi) is 7.44. The fourth-order valence-corrected chi connectivity index (χ4v) is 3.12. The van der Waals surface area contributed by atoms with Crippen molar-refractivity contribution in [3.63, 3.8) is 0 Å². The summed E-state index contributed by atoms with van der Waals surface area (Å²) in [6.07, 6.45) is 7.05. The van der Waals surface area contributed by atoms with E-state index < -0.39 is 0 Å². The number of rotatable bonds is 8. The highest BCUT2D eigenvalue weighted by molar-refractivity contribution is 5.75. The summed E-state index contributed by atoms with van der Waals surface area (Å²) in [7, 11) is 0. The number of carbonyl (C=O) groups is 1. The molecule has 1 unspecified atom stereocenters. The maximum atomic E-state index is 12.2. The molecule has 0 saturated heterocycles. The Morgan fingerprint density at radius 2 is 1.89 bits per heavy atom. The molecule has 1 atom stereocenters. The molecule has 0 amide bonds. The van der Waals surface area contributed by atoms with Crippen LogP contribution in [0.15, 0.2) is 0 Å². The predicted molar refractivity (Wildman–Crippen MR) is 79.1 cm³/mol. The van der Waals surface area contributed by atoms with Gasteiger partial charge in [-0.05, 0) is 32.1 Å². The van der Waals surface area contributed by atoms with Crippen molar-refractivity contribution < 1.29 is 9.53 Å². The molecule has 1 aliphatic rings. The van der Waals surface area contributed by atoms with Gasteiger partial charge in [-0.3, -0.25) is 9.69 Å². The van der Waals surface area contributed by atoms with Gasteiger partial charge in [-0.2, -0.15) is 0 Å². The van der Waals surface area contributed by atoms with Crippen LogP contribution in [-0.4, -0.2) is 36.1 Å². The third-order valence-electron chi connectivity index (χ3n) is 3.89. The van der Waals surface area contributed by atoms with Gasteiger partial charge in [0.25, 0.3) is 0 Å². The number of hydrogen-bond donors (Lipinski definition) is 0. The Morgan fingerprint density at radius 3 is 2.37 bits per heavy atom. The third-order valence-corrected chi connectivity index (χ3v) is 3.89. The minimum Gasteiger partial charge on any atom is -0.465 e. The number of esters is 1. The molecule has 0 aromatic rings. The number of hydrogen-bond acceptors (Lipinski definition) is 3. The van der Waals surface area contributed by atoms with E-state index in [0.717, 1.165) is 19.4 Å². The average Bonchev–Trinajstić information content (AvgIpc) is 2.87. The summed E-state index contributed by atoms with van der Waals surface area (Å²) in [4.78, 5) is 14.7. The van der Waals surface area contributed by atoms with Gasteiger partial charge < -0.3 is 4.74 Å². The molecule has 1 saturated carbocycles. The van der Waals surface area contributed by atoms with Crippen LogP contribution in [0.25, 0.3) is 0 Å². The van der Waals surface area contributed by atoms with Gasteiger partial charge >= 0.3 is 5.97 Å². The van der Waals surface area contributed by atoms with E-state index in [4.69, 9.17) is 4.74 Å². The van der Waals surface area contributed by atoms with E-state index in [0.29, 0.717) is 18.6 Å². The van der Waals surface area contributed by atoms with Crippen molar-refractivity contribution >= 4 is 5.97 Å². The topological polar surface area (TPSA) is 29.5 Å². The second-order valence-electron chi connectivity index (χ2n) is 6.09. The van der Waals surface area contributed by atoms with Gasteiger partial charge in [-0.25, -0.2) is 0 Å². The highest BCUT2D eigenvalue weighted by atomic mass is 16.5. The first-order chi connectivity index (χ1) is 9.10. The first kappa shape index (κ1) is 16.5. The summed E-state index contributed by atoms with van der Waals surface area (Å²) in [6.45, 7) is 10.00. The molecule has 0 aromatic heterocycles. The van der Waals surface area contributed by atoms with E-state index in [2.05, 4.69) is 25.7 Å². The number of carbonyl (C=O) groups excluding carboxylic acids is 1. The molecule has 1 aliphatic carbocycles. The summed E-state index contributed by atoms with van der Waals surface area (Å²) >= 11 is 0. The first-order valence-electron chi connectivity index (χ1n) is 8.02. The largest absolute Gasteiger partial charge is 0.465 e. The molecule has 1 fully saturated rings. The number of nitrogens with zero attached hydrogens (tertiary/aromatic N) is 1. The van der Waals surface area contributed by atoms with Crippen LogP contribution in [-0.2, 0) is 9.53 Å². The molecule has 3 heteroatoms. The van der Waals surface area contributed by atoms with Crippen LogP contribution in [0.4, 0.5) is 0 Å². The summed E-state index contributed by atoms with van der Waals surface area (Å²) in [6, 6.07) is 0.554. The van der Waals surface area contributed by atoms with Gasteiger partial charge in [0.2, 0.25) is 0 Å². The lowest BCUT2D eigenvalue weighted by atomic mass is 10.0. The molecule has 0 radical (unpaired) electrons. The van der Waals surface area contributed by atoms with Crippen LogP contribution < -0.4 is 0 Å². The quantitative estimate of drug-likeness (QED) is 0.630. The summed E-state index contributed by atoms with van der Waals surface area (Å²) in [5.41, 5.74) is 0. The van der Waals surface area contributed by atoms with E-state index in [1.807, 2.05) is 6.92 Å². The lowest BCUT2D eigenvalue weighted by molar-refractivity contribution is -0.151. The van der Waals surface area contributed by atoms with Gasteiger partial charge in [-0.15, -0.1) is 0 Å². The highest BCUT2D eigenvalue weighted by Gasteiger charge is 2.33. The van der Waals surface area contributed by atoms with Gasteiger partial charge in [0.15, 0.2) is 0 Å². The summed E-state index contributed by atoms with van der Waals surface area (Å²) in [5.74, 6) is 0.575. The molecule has 0 aromatic carbocycles. The maximum absolute atomic E-state index is 12.2. The molecule has 0 spiro atoms. The molecule has 0 N–H and O–H groups in total. The second-order valence-corrected chi connectivity index (χ2v) is 6.09. The van der Waals surface area contributed by atoms with E-state index in [-0.39, 0.29) is 12.0 Å². The first-order valence-corrected chi connectivity index (χ1v) is 8.02. The lowest BCUT2D eigenvalue weighted by Crippen LogP contribution is -2.48. The van der Waals surface area contributed by atoms with Gasteiger partial charge in [0.1, 0.15) is 6.04 Å². The Labute approximate surface area is 118 Å². The fourth-order valence-electron chi connectivity index (χ4n) is 3.12. The van der Waals surface area contributed by atoms with Crippen LogP contribution in [0.2, 0.25) is 0 Å². The molecule has 1 rings (SSSR count). The maximum Gasteiger partial charge on any atom is 0.323 e. The standard InChI is InChI=1S/C16H31NO2/c1-5-9-15(16(18)19-6-2)17(12-13(3)4)14-10-7-8-11-14/h13-15H,5-12H2,1-4H3. The van der Waals surface area contributed by atoms with E-state index in [1.165, 1.54) is 25.7 Å². The molecule has 0 aliphatic heterocycles. The lowest BCUT2D eigenvalue weighted by Gasteiger charge is -2.36. The average molecular weight is 269 g/mol. The molecule has 0 heterocycles. The van der Waals surface area contributed by atoms with Gasteiger partial charge in [-0.1, -0.05) is 40.0 Å². The van der Waals surface area contributed by atoms with E-state index in [9.17, 15) is 4.79 Å². The Balaban J connectivity index is 2.78. The zero-order valence-electron chi connectivity index (χ0n) is 13.2. The normalized spacial score (nSPS) is 18.2. The van der Waals surface area contributed by atoms with Crippen molar-refractivity contribution in [1.29, 1.82) is 0 Å². The molecule has 3 nitrogen and oxygen atoms in total. The minimum absolute atomic E-state index is 0.0168. The van der Waals surface area contributed by atoms with Crippen molar-refractivity contribution in [2.75, 3.05) is 13.2 Å². The zero-order valence-corrected chi connectivity index (χ0v) is 13.2. The van der Waals surface area contributed by atoms with Crippen molar-refractivity contribution in [2.45, 2.75) is 78.3 Å². The van der Waals surface area contributed by atoms with Crippen LogP contribution in [0, 0.1) is 5.92 Å². The van der Waals surface area contributed by atoms with Crippen LogP contribution in [0.3, 0.4) is 0 Å². The van der Waals surface area contributed by atoms with Crippen LogP contribution in [0.1, 0.15) is 66.2 Å². The fraction of sp³-hybridized carbons (Fsp3) is 0.938. The van der Waals surface area contributed by atoms with Crippen LogP contribution in [0.5, 0.6) is 0 Å². The van der Waals surface area contributed by atoms with Crippen LogP contribution >= 0.6 is 0 Å². The monoisotopic (exact) mass is 269 g/mol. The minimum atomic E-state index is -0.0320. The third kappa shape index (κ3) is 5.13. The van der Waals surface area contributed by atoms with Crippen molar-refractivity contribution in [3.8, 4) is 0 Å². The number of ether oxygens (including phenoxy) is 1. The van der Waals surface area contributed by atoms with Crippen molar-refractivity contribution in [3.05, 3.63) is 0 Å². The molecular weight excluding hydrogens is 238 g/mol. The smallest absolute Gasteiger partial charge is 0.323 e. The van der Waals surface area contributed by atoms with Gasteiger partial charge in [0, 0.05) is 12.6 Å². The van der Waals surface area contributed by atoms with E-state index in [1.54, 1.807) is 0 Å².